The third kappa shape index (κ3) is 5.98. The summed E-state index contributed by atoms with van der Waals surface area (Å²) in [6.07, 6.45) is 5.75. The molecule has 2 aliphatic rings. The maximum absolute atomic E-state index is 12.5. The van der Waals surface area contributed by atoms with Gasteiger partial charge in [-0.05, 0) is 52.9 Å². The summed E-state index contributed by atoms with van der Waals surface area (Å²) >= 11 is 3.66. The van der Waals surface area contributed by atoms with Gasteiger partial charge in [0.15, 0.2) is 0 Å². The topological polar surface area (TPSA) is 58.6 Å². The van der Waals surface area contributed by atoms with Crippen LogP contribution in [0, 0.1) is 5.92 Å². The Labute approximate surface area is 147 Å². The molecule has 1 heterocycles. The second-order valence-corrected chi connectivity index (χ2v) is 9.02. The minimum atomic E-state index is -0.481. The molecule has 2 unspecified atom stereocenters. The highest BCUT2D eigenvalue weighted by Crippen LogP contribution is 2.27. The van der Waals surface area contributed by atoms with Gasteiger partial charge in [0, 0.05) is 29.9 Å². The fourth-order valence-corrected chi connectivity index (χ4v) is 3.80. The van der Waals surface area contributed by atoms with Gasteiger partial charge in [0.25, 0.3) is 0 Å². The van der Waals surface area contributed by atoms with Gasteiger partial charge in [-0.1, -0.05) is 22.4 Å². The molecule has 1 N–H and O–H groups in total. The average Bonchev–Trinajstić information content (AvgIpc) is 2.78. The Bertz CT molecular complexity index is 436. The zero-order valence-corrected chi connectivity index (χ0v) is 16.0. The van der Waals surface area contributed by atoms with Crippen LogP contribution in [-0.4, -0.2) is 46.5 Å². The first-order chi connectivity index (χ1) is 10.7. The largest absolute Gasteiger partial charge is 0.444 e. The van der Waals surface area contributed by atoms with Gasteiger partial charge in [-0.25, -0.2) is 4.79 Å². The molecule has 1 saturated carbocycles. The molecule has 0 spiro atoms. The number of ether oxygens (including phenoxy) is 1. The zero-order chi connectivity index (χ0) is 17.0. The van der Waals surface area contributed by atoms with Crippen LogP contribution in [0.2, 0.25) is 0 Å². The highest BCUT2D eigenvalue weighted by molar-refractivity contribution is 9.09. The van der Waals surface area contributed by atoms with E-state index in [1.165, 1.54) is 0 Å². The van der Waals surface area contributed by atoms with Crippen molar-refractivity contribution in [1.82, 2.24) is 10.2 Å². The average molecular weight is 389 g/mol. The van der Waals surface area contributed by atoms with E-state index in [2.05, 4.69) is 21.2 Å². The van der Waals surface area contributed by atoms with Gasteiger partial charge in [0.2, 0.25) is 5.91 Å². The Morgan fingerprint density at radius 1 is 1.13 bits per heavy atom. The molecule has 0 radical (unpaired) electrons. The van der Waals surface area contributed by atoms with Crippen molar-refractivity contribution >= 4 is 27.9 Å². The molecule has 0 bridgehead atoms. The molecule has 2 fully saturated rings. The van der Waals surface area contributed by atoms with Crippen molar-refractivity contribution in [2.24, 2.45) is 5.92 Å². The Balaban J connectivity index is 1.78. The van der Waals surface area contributed by atoms with Gasteiger partial charge in [-0.3, -0.25) is 4.79 Å². The third-order valence-corrected chi connectivity index (χ3v) is 5.37. The summed E-state index contributed by atoms with van der Waals surface area (Å²) in [5, 5.41) is 3.14. The summed E-state index contributed by atoms with van der Waals surface area (Å²) in [5.41, 5.74) is -0.481. The van der Waals surface area contributed by atoms with Crippen LogP contribution in [0.1, 0.15) is 59.3 Å². The van der Waals surface area contributed by atoms with Crippen LogP contribution in [0.5, 0.6) is 0 Å². The van der Waals surface area contributed by atoms with Gasteiger partial charge in [0.1, 0.15) is 5.60 Å². The quantitative estimate of drug-likeness (QED) is 0.581. The van der Waals surface area contributed by atoms with Gasteiger partial charge < -0.3 is 15.0 Å². The van der Waals surface area contributed by atoms with E-state index in [-0.39, 0.29) is 24.0 Å². The number of nitrogens with one attached hydrogen (secondary N) is 1. The third-order valence-electron chi connectivity index (χ3n) is 4.46. The molecule has 6 heteroatoms. The van der Waals surface area contributed by atoms with Crippen molar-refractivity contribution in [3.63, 3.8) is 0 Å². The molecule has 5 nitrogen and oxygen atoms in total. The first-order valence-electron chi connectivity index (χ1n) is 8.67. The van der Waals surface area contributed by atoms with E-state index >= 15 is 0 Å². The maximum atomic E-state index is 12.5. The minimum absolute atomic E-state index is 0.0537. The number of alkyl halides is 1. The predicted octanol–water partition coefficient (Wildman–Crippen LogP) is 3.46. The molecule has 23 heavy (non-hydrogen) atoms. The summed E-state index contributed by atoms with van der Waals surface area (Å²) in [6.45, 7) is 6.79. The highest BCUT2D eigenvalue weighted by Gasteiger charge is 2.32. The summed E-state index contributed by atoms with van der Waals surface area (Å²) in [6, 6.07) is 0.0537. The van der Waals surface area contributed by atoms with E-state index in [4.69, 9.17) is 4.74 Å². The number of amides is 2. The fourth-order valence-electron chi connectivity index (χ4n) is 3.21. The number of likely N-dealkylation sites (tertiary alicyclic amines) is 1. The Morgan fingerprint density at radius 3 is 2.57 bits per heavy atom. The van der Waals surface area contributed by atoms with E-state index in [1.54, 1.807) is 4.90 Å². The lowest BCUT2D eigenvalue weighted by Gasteiger charge is -2.24. The van der Waals surface area contributed by atoms with Crippen molar-refractivity contribution < 1.29 is 14.3 Å². The smallest absolute Gasteiger partial charge is 0.410 e. The van der Waals surface area contributed by atoms with Crippen LogP contribution in [0.25, 0.3) is 0 Å². The Hall–Kier alpha value is -0.780. The molecule has 1 aliphatic carbocycles. The van der Waals surface area contributed by atoms with Crippen molar-refractivity contribution in [3.05, 3.63) is 0 Å². The molecule has 0 aromatic carbocycles. The summed E-state index contributed by atoms with van der Waals surface area (Å²) in [4.78, 5) is 26.8. The molecule has 1 saturated heterocycles. The van der Waals surface area contributed by atoms with Gasteiger partial charge in [-0.2, -0.15) is 0 Å². The SMILES string of the molecule is CC(C)(C)OC(=O)N1CC[C@@H](NC(=O)C2CCCC(Br)CC2)C1. The number of nitrogens with zero attached hydrogens (tertiary/aromatic N) is 1. The standard InChI is InChI=1S/C17H29BrN2O3/c1-17(2,3)23-16(22)20-10-9-14(11-20)19-15(21)12-5-4-6-13(18)8-7-12/h12-14H,4-11H2,1-3H3,(H,19,21)/t12?,13?,14-/m1/s1. The van der Waals surface area contributed by atoms with Crippen molar-refractivity contribution in [2.75, 3.05) is 13.1 Å². The van der Waals surface area contributed by atoms with E-state index in [9.17, 15) is 9.59 Å². The first kappa shape index (κ1) is 18.6. The fraction of sp³-hybridized carbons (Fsp3) is 0.882. The molecule has 132 valence electrons. The van der Waals surface area contributed by atoms with Crippen LogP contribution in [0.15, 0.2) is 0 Å². The summed E-state index contributed by atoms with van der Waals surface area (Å²) in [7, 11) is 0. The number of carbonyl (C=O) groups excluding carboxylic acids is 2. The number of halogens is 1. The van der Waals surface area contributed by atoms with E-state index in [1.807, 2.05) is 20.8 Å². The minimum Gasteiger partial charge on any atom is -0.444 e. The number of rotatable bonds is 2. The Kier molecular flexibility index (Phi) is 6.34. The monoisotopic (exact) mass is 388 g/mol. The zero-order valence-electron chi connectivity index (χ0n) is 14.4. The van der Waals surface area contributed by atoms with Crippen LogP contribution in [0.3, 0.4) is 0 Å². The lowest BCUT2D eigenvalue weighted by Crippen LogP contribution is -2.42. The van der Waals surface area contributed by atoms with E-state index < -0.39 is 5.60 Å². The van der Waals surface area contributed by atoms with Gasteiger partial charge in [-0.15, -0.1) is 0 Å². The second kappa shape index (κ2) is 7.86. The van der Waals surface area contributed by atoms with E-state index in [0.29, 0.717) is 17.9 Å². The number of carbonyl (C=O) groups is 2. The summed E-state index contributed by atoms with van der Waals surface area (Å²) in [5.74, 6) is 0.274. The Morgan fingerprint density at radius 2 is 1.87 bits per heavy atom. The van der Waals surface area contributed by atoms with Crippen molar-refractivity contribution in [2.45, 2.75) is 75.8 Å². The van der Waals surface area contributed by atoms with Crippen LogP contribution < -0.4 is 5.32 Å². The van der Waals surface area contributed by atoms with Crippen molar-refractivity contribution in [3.8, 4) is 0 Å². The molecular formula is C17H29BrN2O3. The van der Waals surface area contributed by atoms with Gasteiger partial charge in [0.05, 0.1) is 0 Å². The lowest BCUT2D eigenvalue weighted by molar-refractivity contribution is -0.126. The molecule has 1 aliphatic heterocycles. The molecular weight excluding hydrogens is 360 g/mol. The van der Waals surface area contributed by atoms with Gasteiger partial charge >= 0.3 is 6.09 Å². The molecule has 2 rings (SSSR count). The van der Waals surface area contributed by atoms with Crippen LogP contribution in [0.4, 0.5) is 4.79 Å². The maximum Gasteiger partial charge on any atom is 0.410 e. The second-order valence-electron chi connectivity index (χ2n) is 7.72. The highest BCUT2D eigenvalue weighted by atomic mass is 79.9. The lowest BCUT2D eigenvalue weighted by atomic mass is 9.99. The normalized spacial score (nSPS) is 29.0. The number of hydrogen-bond acceptors (Lipinski definition) is 3. The van der Waals surface area contributed by atoms with Crippen molar-refractivity contribution in [1.29, 1.82) is 0 Å². The molecule has 0 aromatic heterocycles. The molecule has 3 atom stereocenters. The van der Waals surface area contributed by atoms with Crippen LogP contribution >= 0.6 is 15.9 Å². The summed E-state index contributed by atoms with van der Waals surface area (Å²) < 4.78 is 5.39. The first-order valence-corrected chi connectivity index (χ1v) is 9.58. The molecule has 0 aromatic rings. The number of hydrogen-bond donors (Lipinski definition) is 1. The van der Waals surface area contributed by atoms with Crippen LogP contribution in [-0.2, 0) is 9.53 Å². The predicted molar refractivity (Wildman–Crippen MR) is 93.6 cm³/mol. The van der Waals surface area contributed by atoms with E-state index in [0.717, 1.165) is 38.5 Å². The molecule has 2 amide bonds.